The second kappa shape index (κ2) is 5.17. The number of hydrogen-bond acceptors (Lipinski definition) is 5. The Kier molecular flexibility index (Phi) is 3.42. The summed E-state index contributed by atoms with van der Waals surface area (Å²) in [6.45, 7) is 0.0208. The number of aromatic nitrogens is 2. The number of carboxylic acids is 1. The molecule has 0 aromatic carbocycles. The molecule has 0 spiro atoms. The van der Waals surface area contributed by atoms with E-state index in [4.69, 9.17) is 9.52 Å². The summed E-state index contributed by atoms with van der Waals surface area (Å²) < 4.78 is 4.96. The van der Waals surface area contributed by atoms with Gasteiger partial charge in [0.05, 0.1) is 6.54 Å². The summed E-state index contributed by atoms with van der Waals surface area (Å²) in [7, 11) is 0. The first-order chi connectivity index (χ1) is 9.06. The normalized spacial score (nSPS) is 10.1. The molecule has 0 aliphatic rings. The number of nitrogens with one attached hydrogen (secondary N) is 2. The first-order valence-electron chi connectivity index (χ1n) is 5.22. The maximum Gasteiger partial charge on any atom is 0.371 e. The van der Waals surface area contributed by atoms with Crippen LogP contribution in [0.25, 0.3) is 0 Å². The Labute approximate surface area is 106 Å². The molecule has 8 nitrogen and oxygen atoms in total. The third kappa shape index (κ3) is 3.06. The SMILES string of the molecule is O=C(NCc1ccc(C(=O)O)o1)c1ccc(=O)[nH]n1. The van der Waals surface area contributed by atoms with Crippen molar-refractivity contribution >= 4 is 11.9 Å². The second-order valence-electron chi connectivity index (χ2n) is 3.56. The lowest BCUT2D eigenvalue weighted by atomic mass is 10.3. The van der Waals surface area contributed by atoms with E-state index >= 15 is 0 Å². The number of furan rings is 1. The third-order valence-corrected chi connectivity index (χ3v) is 2.21. The molecule has 0 saturated heterocycles. The highest BCUT2D eigenvalue weighted by Crippen LogP contribution is 2.07. The fourth-order valence-corrected chi connectivity index (χ4v) is 1.32. The van der Waals surface area contributed by atoms with Gasteiger partial charge in [0.25, 0.3) is 11.5 Å². The number of carbonyl (C=O) groups is 2. The van der Waals surface area contributed by atoms with Gasteiger partial charge in [-0.2, -0.15) is 5.10 Å². The number of nitrogens with zero attached hydrogens (tertiary/aromatic N) is 1. The standard InChI is InChI=1S/C11H9N3O5/c15-9-4-2-7(13-14-9)10(16)12-5-6-1-3-8(19-6)11(17)18/h1-4H,5H2,(H,12,16)(H,14,15)(H,17,18). The fraction of sp³-hybridized carbons (Fsp3) is 0.0909. The fourth-order valence-electron chi connectivity index (χ4n) is 1.32. The molecular formula is C11H9N3O5. The van der Waals surface area contributed by atoms with Crippen LogP contribution >= 0.6 is 0 Å². The Morgan fingerprint density at radius 3 is 2.68 bits per heavy atom. The van der Waals surface area contributed by atoms with Gasteiger partial charge in [-0.25, -0.2) is 9.89 Å². The van der Waals surface area contributed by atoms with E-state index in [9.17, 15) is 14.4 Å². The molecule has 0 saturated carbocycles. The van der Waals surface area contributed by atoms with Crippen LogP contribution in [0.4, 0.5) is 0 Å². The zero-order valence-corrected chi connectivity index (χ0v) is 9.54. The first kappa shape index (κ1) is 12.6. The number of amides is 1. The molecule has 0 radical (unpaired) electrons. The number of rotatable bonds is 4. The average Bonchev–Trinajstić information content (AvgIpc) is 2.86. The molecule has 8 heteroatoms. The number of H-pyrrole nitrogens is 1. The van der Waals surface area contributed by atoms with E-state index in [1.165, 1.54) is 24.3 Å². The van der Waals surface area contributed by atoms with Crippen molar-refractivity contribution in [1.82, 2.24) is 15.5 Å². The molecule has 0 aliphatic carbocycles. The summed E-state index contributed by atoms with van der Waals surface area (Å²) in [6, 6.07) is 5.20. The largest absolute Gasteiger partial charge is 0.475 e. The van der Waals surface area contributed by atoms with Crippen molar-refractivity contribution < 1.29 is 19.1 Å². The van der Waals surface area contributed by atoms with Crippen LogP contribution in [0.15, 0.2) is 33.5 Å². The summed E-state index contributed by atoms with van der Waals surface area (Å²) in [5.74, 6) is -1.59. The number of hydrogen-bond donors (Lipinski definition) is 3. The zero-order chi connectivity index (χ0) is 13.8. The predicted octanol–water partition coefficient (Wildman–Crippen LogP) is -0.00890. The quantitative estimate of drug-likeness (QED) is 0.712. The van der Waals surface area contributed by atoms with Crippen LogP contribution in [0.3, 0.4) is 0 Å². The molecule has 19 heavy (non-hydrogen) atoms. The van der Waals surface area contributed by atoms with Gasteiger partial charge >= 0.3 is 5.97 Å². The Balaban J connectivity index is 1.98. The molecule has 98 valence electrons. The zero-order valence-electron chi connectivity index (χ0n) is 9.54. The van der Waals surface area contributed by atoms with Crippen molar-refractivity contribution in [3.8, 4) is 0 Å². The third-order valence-electron chi connectivity index (χ3n) is 2.21. The van der Waals surface area contributed by atoms with Crippen molar-refractivity contribution in [2.24, 2.45) is 0 Å². The van der Waals surface area contributed by atoms with Crippen molar-refractivity contribution in [1.29, 1.82) is 0 Å². The molecule has 2 aromatic rings. The Bertz CT molecular complexity index is 652. The molecule has 0 fully saturated rings. The minimum atomic E-state index is -1.18. The van der Waals surface area contributed by atoms with Crippen molar-refractivity contribution in [2.45, 2.75) is 6.54 Å². The maximum atomic E-state index is 11.6. The van der Waals surface area contributed by atoms with E-state index in [0.717, 1.165) is 0 Å². The minimum absolute atomic E-state index is 0.0208. The highest BCUT2D eigenvalue weighted by molar-refractivity contribution is 5.91. The molecule has 1 amide bonds. The molecule has 2 rings (SSSR count). The average molecular weight is 263 g/mol. The van der Waals surface area contributed by atoms with Crippen LogP contribution in [-0.4, -0.2) is 27.2 Å². The van der Waals surface area contributed by atoms with Gasteiger partial charge in [-0.15, -0.1) is 0 Å². The van der Waals surface area contributed by atoms with E-state index in [1.807, 2.05) is 0 Å². The highest BCUT2D eigenvalue weighted by atomic mass is 16.4. The lowest BCUT2D eigenvalue weighted by Crippen LogP contribution is -2.25. The Morgan fingerprint density at radius 1 is 1.32 bits per heavy atom. The summed E-state index contributed by atoms with van der Waals surface area (Å²) in [5.41, 5.74) is -0.363. The topological polar surface area (TPSA) is 125 Å². The Hall–Kier alpha value is -2.90. The van der Waals surface area contributed by atoms with E-state index in [2.05, 4.69) is 15.5 Å². The van der Waals surface area contributed by atoms with E-state index < -0.39 is 17.4 Å². The smallest absolute Gasteiger partial charge is 0.371 e. The van der Waals surface area contributed by atoms with Crippen LogP contribution in [0, 0.1) is 0 Å². The summed E-state index contributed by atoms with van der Waals surface area (Å²) in [4.78, 5) is 33.0. The van der Waals surface area contributed by atoms with Gasteiger partial charge in [-0.3, -0.25) is 9.59 Å². The maximum absolute atomic E-state index is 11.6. The lowest BCUT2D eigenvalue weighted by molar-refractivity contribution is 0.0660. The monoisotopic (exact) mass is 263 g/mol. The molecule has 0 atom stereocenters. The van der Waals surface area contributed by atoms with Crippen LogP contribution < -0.4 is 10.9 Å². The molecule has 0 unspecified atom stereocenters. The second-order valence-corrected chi connectivity index (χ2v) is 3.56. The summed E-state index contributed by atoms with van der Waals surface area (Å²) >= 11 is 0. The first-order valence-corrected chi connectivity index (χ1v) is 5.22. The van der Waals surface area contributed by atoms with E-state index in [0.29, 0.717) is 5.76 Å². The molecular weight excluding hydrogens is 254 g/mol. The molecule has 3 N–H and O–H groups in total. The number of carbonyl (C=O) groups excluding carboxylic acids is 1. The van der Waals surface area contributed by atoms with Gasteiger partial charge < -0.3 is 14.8 Å². The van der Waals surface area contributed by atoms with Crippen molar-refractivity contribution in [3.63, 3.8) is 0 Å². The number of carboxylic acid groups (broad SMARTS) is 1. The van der Waals surface area contributed by atoms with Gasteiger partial charge in [0.2, 0.25) is 5.76 Å². The summed E-state index contributed by atoms with van der Waals surface area (Å²) in [6.07, 6.45) is 0. The van der Waals surface area contributed by atoms with Crippen molar-refractivity contribution in [2.75, 3.05) is 0 Å². The van der Waals surface area contributed by atoms with Crippen LogP contribution in [-0.2, 0) is 6.54 Å². The lowest BCUT2D eigenvalue weighted by Gasteiger charge is -2.01. The van der Waals surface area contributed by atoms with Gasteiger partial charge in [0.15, 0.2) is 0 Å². The molecule has 2 heterocycles. The molecule has 0 bridgehead atoms. The number of aromatic amines is 1. The van der Waals surface area contributed by atoms with Gasteiger partial charge in [0.1, 0.15) is 11.5 Å². The molecule has 0 aliphatic heterocycles. The van der Waals surface area contributed by atoms with Gasteiger partial charge in [-0.05, 0) is 18.2 Å². The van der Waals surface area contributed by atoms with E-state index in [-0.39, 0.29) is 18.0 Å². The summed E-state index contributed by atoms with van der Waals surface area (Å²) in [5, 5.41) is 16.8. The number of aromatic carboxylic acids is 1. The van der Waals surface area contributed by atoms with Crippen LogP contribution in [0.5, 0.6) is 0 Å². The van der Waals surface area contributed by atoms with Gasteiger partial charge in [0, 0.05) is 6.07 Å². The molecule has 2 aromatic heterocycles. The van der Waals surface area contributed by atoms with Gasteiger partial charge in [-0.1, -0.05) is 0 Å². The minimum Gasteiger partial charge on any atom is -0.475 e. The van der Waals surface area contributed by atoms with Crippen molar-refractivity contribution in [3.05, 3.63) is 51.8 Å². The Morgan fingerprint density at radius 2 is 2.11 bits per heavy atom. The van der Waals surface area contributed by atoms with Crippen LogP contribution in [0.1, 0.15) is 26.8 Å². The predicted molar refractivity (Wildman–Crippen MR) is 61.7 cm³/mol. The highest BCUT2D eigenvalue weighted by Gasteiger charge is 2.11. The van der Waals surface area contributed by atoms with Crippen LogP contribution in [0.2, 0.25) is 0 Å². The van der Waals surface area contributed by atoms with E-state index in [1.54, 1.807) is 0 Å².